The standard InChI is InChI=1S/C20H25N5O/c1-5-25-11-10-17(24-25)18-12-20(23-15(4)22-18)21-13-16-8-6-7-9-19(16)26-14(2)3/h6-12,14H,5,13H2,1-4H3,(H,21,22,23). The average Bonchev–Trinajstić information content (AvgIpc) is 3.09. The summed E-state index contributed by atoms with van der Waals surface area (Å²) in [7, 11) is 0. The van der Waals surface area contributed by atoms with Crippen LogP contribution in [0.4, 0.5) is 5.82 Å². The Morgan fingerprint density at radius 2 is 1.92 bits per heavy atom. The van der Waals surface area contributed by atoms with Crippen LogP contribution in [0.1, 0.15) is 32.2 Å². The monoisotopic (exact) mass is 351 g/mol. The predicted octanol–water partition coefficient (Wildman–Crippen LogP) is 4.07. The van der Waals surface area contributed by atoms with Gasteiger partial charge in [0.15, 0.2) is 0 Å². The van der Waals surface area contributed by atoms with Crippen LogP contribution in [-0.2, 0) is 13.1 Å². The van der Waals surface area contributed by atoms with Crippen molar-refractivity contribution in [1.82, 2.24) is 19.7 Å². The van der Waals surface area contributed by atoms with Crippen LogP contribution >= 0.6 is 0 Å². The van der Waals surface area contributed by atoms with Crippen molar-refractivity contribution in [3.63, 3.8) is 0 Å². The van der Waals surface area contributed by atoms with E-state index in [2.05, 4.69) is 33.4 Å². The van der Waals surface area contributed by atoms with Gasteiger partial charge in [-0.15, -0.1) is 0 Å². The van der Waals surface area contributed by atoms with Crippen molar-refractivity contribution in [3.8, 4) is 17.1 Å². The first-order valence-corrected chi connectivity index (χ1v) is 8.93. The highest BCUT2D eigenvalue weighted by Gasteiger charge is 2.09. The molecule has 0 saturated carbocycles. The smallest absolute Gasteiger partial charge is 0.130 e. The zero-order valence-corrected chi connectivity index (χ0v) is 15.7. The van der Waals surface area contributed by atoms with Crippen molar-refractivity contribution in [1.29, 1.82) is 0 Å². The molecule has 0 bridgehead atoms. The Morgan fingerprint density at radius 3 is 2.65 bits per heavy atom. The van der Waals surface area contributed by atoms with Crippen LogP contribution in [0.3, 0.4) is 0 Å². The molecule has 0 aliphatic rings. The maximum Gasteiger partial charge on any atom is 0.130 e. The molecule has 0 unspecified atom stereocenters. The normalized spacial score (nSPS) is 11.0. The first-order chi connectivity index (χ1) is 12.5. The predicted molar refractivity (Wildman–Crippen MR) is 103 cm³/mol. The Labute approximate surface area is 154 Å². The lowest BCUT2D eigenvalue weighted by molar-refractivity contribution is 0.240. The Kier molecular flexibility index (Phi) is 5.51. The van der Waals surface area contributed by atoms with Crippen LogP contribution in [0, 0.1) is 6.92 Å². The van der Waals surface area contributed by atoms with Crippen molar-refractivity contribution in [2.75, 3.05) is 5.32 Å². The van der Waals surface area contributed by atoms with E-state index in [9.17, 15) is 0 Å². The van der Waals surface area contributed by atoms with Crippen LogP contribution in [-0.4, -0.2) is 25.9 Å². The first kappa shape index (κ1) is 17.9. The molecule has 26 heavy (non-hydrogen) atoms. The van der Waals surface area contributed by atoms with Crippen molar-refractivity contribution >= 4 is 5.82 Å². The highest BCUT2D eigenvalue weighted by atomic mass is 16.5. The molecule has 136 valence electrons. The summed E-state index contributed by atoms with van der Waals surface area (Å²) in [5.74, 6) is 2.38. The molecule has 6 heteroatoms. The minimum atomic E-state index is 0.137. The number of ether oxygens (including phenoxy) is 1. The molecule has 2 heterocycles. The molecule has 0 saturated heterocycles. The minimum Gasteiger partial charge on any atom is -0.491 e. The second-order valence-corrected chi connectivity index (χ2v) is 6.37. The summed E-state index contributed by atoms with van der Waals surface area (Å²) in [4.78, 5) is 9.01. The average molecular weight is 351 g/mol. The Balaban J connectivity index is 1.79. The molecular formula is C20H25N5O. The summed E-state index contributed by atoms with van der Waals surface area (Å²) in [5.41, 5.74) is 2.76. The van der Waals surface area contributed by atoms with Crippen molar-refractivity contribution in [2.45, 2.75) is 46.9 Å². The van der Waals surface area contributed by atoms with Gasteiger partial charge < -0.3 is 10.1 Å². The minimum absolute atomic E-state index is 0.137. The quantitative estimate of drug-likeness (QED) is 0.695. The summed E-state index contributed by atoms with van der Waals surface area (Å²) in [6, 6.07) is 12.0. The molecule has 2 aromatic heterocycles. The number of aryl methyl sites for hydroxylation is 2. The molecule has 6 nitrogen and oxygen atoms in total. The van der Waals surface area contributed by atoms with Gasteiger partial charge in [0.25, 0.3) is 0 Å². The number of para-hydroxylation sites is 1. The molecule has 0 aliphatic carbocycles. The molecule has 0 radical (unpaired) electrons. The second kappa shape index (κ2) is 7.99. The lowest BCUT2D eigenvalue weighted by atomic mass is 10.2. The van der Waals surface area contributed by atoms with Gasteiger partial charge in [-0.3, -0.25) is 4.68 Å². The van der Waals surface area contributed by atoms with Crippen LogP contribution in [0.25, 0.3) is 11.4 Å². The summed E-state index contributed by atoms with van der Waals surface area (Å²) in [5, 5.41) is 7.91. The molecule has 0 atom stereocenters. The Morgan fingerprint density at radius 1 is 1.12 bits per heavy atom. The van der Waals surface area contributed by atoms with Gasteiger partial charge in [-0.2, -0.15) is 5.10 Å². The lowest BCUT2D eigenvalue weighted by Crippen LogP contribution is -2.10. The van der Waals surface area contributed by atoms with Gasteiger partial charge in [0.1, 0.15) is 23.1 Å². The number of aromatic nitrogens is 4. The molecule has 1 aromatic carbocycles. The fourth-order valence-electron chi connectivity index (χ4n) is 2.67. The van der Waals surface area contributed by atoms with E-state index in [1.165, 1.54) is 0 Å². The molecule has 3 aromatic rings. The van der Waals surface area contributed by atoms with Crippen LogP contribution in [0.2, 0.25) is 0 Å². The number of benzene rings is 1. The summed E-state index contributed by atoms with van der Waals surface area (Å²) < 4.78 is 7.77. The third-order valence-corrected chi connectivity index (χ3v) is 3.86. The SMILES string of the molecule is CCn1ccc(-c2cc(NCc3ccccc3OC(C)C)nc(C)n2)n1. The second-order valence-electron chi connectivity index (χ2n) is 6.37. The zero-order valence-electron chi connectivity index (χ0n) is 15.7. The van der Waals surface area contributed by atoms with E-state index < -0.39 is 0 Å². The van der Waals surface area contributed by atoms with Crippen molar-refractivity contribution in [3.05, 3.63) is 54.0 Å². The largest absolute Gasteiger partial charge is 0.491 e. The van der Waals surface area contributed by atoms with E-state index in [0.717, 1.165) is 35.1 Å². The van der Waals surface area contributed by atoms with E-state index in [1.54, 1.807) is 0 Å². The van der Waals surface area contributed by atoms with Crippen molar-refractivity contribution in [2.24, 2.45) is 0 Å². The maximum absolute atomic E-state index is 5.88. The van der Waals surface area contributed by atoms with E-state index in [1.807, 2.05) is 62.0 Å². The number of nitrogens with one attached hydrogen (secondary N) is 1. The van der Waals surface area contributed by atoms with E-state index in [-0.39, 0.29) is 6.10 Å². The number of hydrogen-bond acceptors (Lipinski definition) is 5. The summed E-state index contributed by atoms with van der Waals surface area (Å²) >= 11 is 0. The van der Waals surface area contributed by atoms with Gasteiger partial charge in [0.2, 0.25) is 0 Å². The highest BCUT2D eigenvalue weighted by molar-refractivity contribution is 5.58. The lowest BCUT2D eigenvalue weighted by Gasteiger charge is -2.15. The summed E-state index contributed by atoms with van der Waals surface area (Å²) in [6.45, 7) is 9.47. The van der Waals surface area contributed by atoms with E-state index >= 15 is 0 Å². The van der Waals surface area contributed by atoms with Gasteiger partial charge in [0.05, 0.1) is 11.8 Å². The Hall–Kier alpha value is -2.89. The number of rotatable bonds is 7. The fraction of sp³-hybridized carbons (Fsp3) is 0.350. The number of hydrogen-bond donors (Lipinski definition) is 1. The highest BCUT2D eigenvalue weighted by Crippen LogP contribution is 2.22. The first-order valence-electron chi connectivity index (χ1n) is 8.93. The topological polar surface area (TPSA) is 64.9 Å². The molecule has 3 rings (SSSR count). The van der Waals surface area contributed by atoms with Gasteiger partial charge in [-0.25, -0.2) is 9.97 Å². The molecule has 0 fully saturated rings. The number of nitrogens with zero attached hydrogens (tertiary/aromatic N) is 4. The summed E-state index contributed by atoms with van der Waals surface area (Å²) in [6.07, 6.45) is 2.09. The molecular weight excluding hydrogens is 326 g/mol. The van der Waals surface area contributed by atoms with Crippen molar-refractivity contribution < 1.29 is 4.74 Å². The zero-order chi connectivity index (χ0) is 18.5. The van der Waals surface area contributed by atoms with Gasteiger partial charge in [-0.05, 0) is 39.8 Å². The third-order valence-electron chi connectivity index (χ3n) is 3.86. The number of anilines is 1. The molecule has 0 spiro atoms. The molecule has 1 N–H and O–H groups in total. The third kappa shape index (κ3) is 4.39. The van der Waals surface area contributed by atoms with E-state index in [0.29, 0.717) is 12.4 Å². The van der Waals surface area contributed by atoms with Gasteiger partial charge in [-0.1, -0.05) is 18.2 Å². The molecule has 0 amide bonds. The van der Waals surface area contributed by atoms with Gasteiger partial charge in [0, 0.05) is 30.9 Å². The fourth-order valence-corrected chi connectivity index (χ4v) is 2.67. The van der Waals surface area contributed by atoms with Crippen LogP contribution < -0.4 is 10.1 Å². The van der Waals surface area contributed by atoms with E-state index in [4.69, 9.17) is 4.74 Å². The molecule has 0 aliphatic heterocycles. The van der Waals surface area contributed by atoms with Crippen LogP contribution in [0.5, 0.6) is 5.75 Å². The Bertz CT molecular complexity index is 872. The maximum atomic E-state index is 5.88. The van der Waals surface area contributed by atoms with Crippen LogP contribution in [0.15, 0.2) is 42.6 Å². The van der Waals surface area contributed by atoms with Gasteiger partial charge >= 0.3 is 0 Å².